The molecule has 0 aliphatic carbocycles. The molecular formula is C22H29N5O4. The fraction of sp³-hybridized carbons (Fsp3) is 0.500. The number of aliphatic hydroxyl groups is 2. The zero-order valence-electron chi connectivity index (χ0n) is 17.7. The van der Waals surface area contributed by atoms with Crippen LogP contribution in [0.4, 0.5) is 5.82 Å². The van der Waals surface area contributed by atoms with Crippen molar-refractivity contribution in [2.24, 2.45) is 0 Å². The Hall–Kier alpha value is -2.59. The number of fused-ring (bicyclic) bond motifs is 1. The molecule has 9 heteroatoms. The molecule has 31 heavy (non-hydrogen) atoms. The van der Waals surface area contributed by atoms with Gasteiger partial charge in [-0.25, -0.2) is 15.0 Å². The minimum absolute atomic E-state index is 0.133. The van der Waals surface area contributed by atoms with Crippen molar-refractivity contribution in [1.29, 1.82) is 0 Å². The second-order valence-electron chi connectivity index (χ2n) is 7.83. The summed E-state index contributed by atoms with van der Waals surface area (Å²) in [7, 11) is 0. The van der Waals surface area contributed by atoms with E-state index in [2.05, 4.69) is 28.8 Å². The number of ether oxygens (including phenoxy) is 2. The van der Waals surface area contributed by atoms with E-state index in [4.69, 9.17) is 15.2 Å². The van der Waals surface area contributed by atoms with Gasteiger partial charge in [0.2, 0.25) is 0 Å². The first-order valence-corrected chi connectivity index (χ1v) is 10.7. The van der Waals surface area contributed by atoms with Crippen molar-refractivity contribution in [3.05, 3.63) is 48.5 Å². The van der Waals surface area contributed by atoms with Crippen LogP contribution in [0, 0.1) is 0 Å². The average Bonchev–Trinajstić information content (AvgIpc) is 3.34. The van der Waals surface area contributed by atoms with Crippen LogP contribution in [0.1, 0.15) is 51.0 Å². The number of nitrogens with two attached hydrogens (primary N) is 1. The maximum absolute atomic E-state index is 10.9. The third-order valence-corrected chi connectivity index (χ3v) is 5.76. The van der Waals surface area contributed by atoms with Gasteiger partial charge in [-0.15, -0.1) is 0 Å². The van der Waals surface area contributed by atoms with E-state index in [9.17, 15) is 10.2 Å². The van der Waals surface area contributed by atoms with E-state index in [0.29, 0.717) is 17.6 Å². The Morgan fingerprint density at radius 1 is 1.13 bits per heavy atom. The highest BCUT2D eigenvalue weighted by molar-refractivity contribution is 5.81. The molecule has 1 aliphatic heterocycles. The molecule has 1 fully saturated rings. The molecule has 3 heterocycles. The quantitative estimate of drug-likeness (QED) is 0.500. The number of aliphatic hydroxyl groups excluding tert-OH is 2. The summed E-state index contributed by atoms with van der Waals surface area (Å²) in [6.07, 6.45) is 0.767. The summed E-state index contributed by atoms with van der Waals surface area (Å²) in [5.74, 6) is 0.245. The van der Waals surface area contributed by atoms with Gasteiger partial charge in [0, 0.05) is 0 Å². The van der Waals surface area contributed by atoms with Crippen LogP contribution in [0.3, 0.4) is 0 Å². The van der Waals surface area contributed by atoms with Crippen molar-refractivity contribution in [2.45, 2.75) is 69.9 Å². The first-order valence-electron chi connectivity index (χ1n) is 10.7. The molecule has 4 rings (SSSR count). The smallest absolute Gasteiger partial charge is 0.167 e. The van der Waals surface area contributed by atoms with Crippen LogP contribution in [0.2, 0.25) is 0 Å². The van der Waals surface area contributed by atoms with E-state index in [1.54, 1.807) is 4.57 Å². The second-order valence-corrected chi connectivity index (χ2v) is 7.83. The Morgan fingerprint density at radius 2 is 1.90 bits per heavy atom. The van der Waals surface area contributed by atoms with Crippen LogP contribution in [0.5, 0.6) is 0 Å². The maximum atomic E-state index is 10.9. The van der Waals surface area contributed by atoms with Gasteiger partial charge in [0.15, 0.2) is 17.7 Å². The fourth-order valence-electron chi connectivity index (χ4n) is 4.16. The van der Waals surface area contributed by atoms with Crippen molar-refractivity contribution < 1.29 is 19.7 Å². The average molecular weight is 428 g/mol. The number of nitrogen functional groups attached to an aromatic ring is 1. The van der Waals surface area contributed by atoms with Crippen LogP contribution in [-0.2, 0) is 9.47 Å². The third-order valence-electron chi connectivity index (χ3n) is 5.76. The molecule has 9 nitrogen and oxygen atoms in total. The number of aromatic nitrogens is 4. The van der Waals surface area contributed by atoms with E-state index >= 15 is 0 Å². The van der Waals surface area contributed by atoms with Crippen LogP contribution in [0.15, 0.2) is 43.0 Å². The Balaban J connectivity index is 1.59. The Morgan fingerprint density at radius 3 is 2.61 bits per heavy atom. The zero-order valence-corrected chi connectivity index (χ0v) is 17.7. The van der Waals surface area contributed by atoms with Gasteiger partial charge in [-0.2, -0.15) is 0 Å². The molecule has 2 aromatic heterocycles. The summed E-state index contributed by atoms with van der Waals surface area (Å²) in [5, 5.41) is 21.7. The lowest BCUT2D eigenvalue weighted by atomic mass is 10.0. The molecule has 1 aliphatic rings. The third kappa shape index (κ3) is 4.14. The van der Waals surface area contributed by atoms with Crippen LogP contribution >= 0.6 is 0 Å². The highest BCUT2D eigenvalue weighted by Crippen LogP contribution is 2.37. The van der Waals surface area contributed by atoms with Gasteiger partial charge >= 0.3 is 0 Å². The molecule has 1 unspecified atom stereocenters. The van der Waals surface area contributed by atoms with E-state index < -0.39 is 24.5 Å². The number of nitrogens with zero attached hydrogens (tertiary/aromatic N) is 4. The SMILES string of the molecule is CCCC(O[C@@H](CC)c1ccccc1)[C@H]1O[C@@H](n2cnc3c(N)ncnc32)[C@H](O)[C@@H]1O. The van der Waals surface area contributed by atoms with Crippen molar-refractivity contribution in [2.75, 3.05) is 5.73 Å². The summed E-state index contributed by atoms with van der Waals surface area (Å²) < 4.78 is 14.2. The van der Waals surface area contributed by atoms with E-state index in [1.165, 1.54) is 12.7 Å². The number of imidazole rings is 1. The summed E-state index contributed by atoms with van der Waals surface area (Å²) in [5.41, 5.74) is 7.81. The van der Waals surface area contributed by atoms with Gasteiger partial charge < -0.3 is 25.4 Å². The maximum Gasteiger partial charge on any atom is 0.167 e. The number of hydrogen-bond acceptors (Lipinski definition) is 8. The normalized spacial score (nSPS) is 25.7. The summed E-state index contributed by atoms with van der Waals surface area (Å²) >= 11 is 0. The second kappa shape index (κ2) is 9.27. The van der Waals surface area contributed by atoms with Crippen LogP contribution in [-0.4, -0.2) is 54.1 Å². The zero-order chi connectivity index (χ0) is 22.0. The van der Waals surface area contributed by atoms with Crippen molar-refractivity contribution >= 4 is 17.0 Å². The van der Waals surface area contributed by atoms with Crippen molar-refractivity contribution in [1.82, 2.24) is 19.5 Å². The molecule has 0 saturated carbocycles. The highest BCUT2D eigenvalue weighted by atomic mass is 16.6. The number of benzene rings is 1. The minimum Gasteiger partial charge on any atom is -0.387 e. The predicted octanol–water partition coefficient (Wildman–Crippen LogP) is 2.36. The Kier molecular flexibility index (Phi) is 6.47. The topological polar surface area (TPSA) is 129 Å². The standard InChI is InChI=1S/C22H29N5O4/c1-3-8-15(30-14(4-2)13-9-6-5-7-10-13)19-17(28)18(29)22(31-19)27-12-26-16-20(23)24-11-25-21(16)27/h5-7,9-12,14-15,17-19,22,28-29H,3-4,8H2,1-2H3,(H2,23,24,25)/t14-,15?,17-,18+,19+,22+/m0/s1. The predicted molar refractivity (Wildman–Crippen MR) is 115 cm³/mol. The lowest BCUT2D eigenvalue weighted by molar-refractivity contribution is -0.132. The first kappa shape index (κ1) is 21.6. The molecule has 0 radical (unpaired) electrons. The molecule has 0 spiro atoms. The van der Waals surface area contributed by atoms with Crippen molar-refractivity contribution in [3.63, 3.8) is 0 Å². The molecule has 0 amide bonds. The number of anilines is 1. The van der Waals surface area contributed by atoms with Crippen LogP contribution < -0.4 is 5.73 Å². The van der Waals surface area contributed by atoms with E-state index in [0.717, 1.165) is 18.4 Å². The number of rotatable bonds is 8. The van der Waals surface area contributed by atoms with Gasteiger partial charge in [-0.05, 0) is 18.4 Å². The molecular weight excluding hydrogens is 398 g/mol. The fourth-order valence-corrected chi connectivity index (χ4v) is 4.16. The molecule has 1 aromatic carbocycles. The Bertz CT molecular complexity index is 998. The van der Waals surface area contributed by atoms with Gasteiger partial charge in [0.05, 0.1) is 18.5 Å². The molecule has 4 N–H and O–H groups in total. The Labute approximate surface area is 180 Å². The van der Waals surface area contributed by atoms with Gasteiger partial charge in [0.1, 0.15) is 30.2 Å². The summed E-state index contributed by atoms with van der Waals surface area (Å²) in [6.45, 7) is 4.12. The number of hydrogen-bond donors (Lipinski definition) is 3. The van der Waals surface area contributed by atoms with Gasteiger partial charge in [-0.3, -0.25) is 4.57 Å². The highest BCUT2D eigenvalue weighted by Gasteiger charge is 2.48. The summed E-state index contributed by atoms with van der Waals surface area (Å²) in [4.78, 5) is 12.4. The van der Waals surface area contributed by atoms with Crippen molar-refractivity contribution in [3.8, 4) is 0 Å². The molecule has 0 bridgehead atoms. The lowest BCUT2D eigenvalue weighted by Gasteiger charge is -2.30. The molecule has 166 valence electrons. The van der Waals surface area contributed by atoms with Crippen LogP contribution in [0.25, 0.3) is 11.2 Å². The molecule has 6 atom stereocenters. The minimum atomic E-state index is -1.17. The largest absolute Gasteiger partial charge is 0.387 e. The first-order chi connectivity index (χ1) is 15.0. The lowest BCUT2D eigenvalue weighted by Crippen LogP contribution is -2.40. The molecule has 3 aromatic rings. The van der Waals surface area contributed by atoms with E-state index in [1.807, 2.05) is 30.3 Å². The monoisotopic (exact) mass is 427 g/mol. The van der Waals surface area contributed by atoms with E-state index in [-0.39, 0.29) is 18.0 Å². The summed E-state index contributed by atoms with van der Waals surface area (Å²) in [6, 6.07) is 9.99. The molecule has 1 saturated heterocycles. The van der Waals surface area contributed by atoms with Gasteiger partial charge in [-0.1, -0.05) is 50.6 Å². The van der Waals surface area contributed by atoms with Gasteiger partial charge in [0.25, 0.3) is 0 Å².